The van der Waals surface area contributed by atoms with Gasteiger partial charge >= 0.3 is 0 Å². The van der Waals surface area contributed by atoms with Crippen LogP contribution < -0.4 is 0 Å². The summed E-state index contributed by atoms with van der Waals surface area (Å²) < 4.78 is 5.66. The van der Waals surface area contributed by atoms with Crippen LogP contribution in [0.15, 0.2) is 0 Å². The van der Waals surface area contributed by atoms with Gasteiger partial charge in [0.1, 0.15) is 0 Å². The summed E-state index contributed by atoms with van der Waals surface area (Å²) in [6.45, 7) is 10.8. The van der Waals surface area contributed by atoms with Gasteiger partial charge < -0.3 is 4.74 Å². The highest BCUT2D eigenvalue weighted by atomic mass is 16.5. The van der Waals surface area contributed by atoms with E-state index in [1.807, 2.05) is 0 Å². The van der Waals surface area contributed by atoms with Crippen molar-refractivity contribution < 1.29 is 4.74 Å². The Balaban J connectivity index is 3.46. The molecule has 0 radical (unpaired) electrons. The third kappa shape index (κ3) is 3.89. The van der Waals surface area contributed by atoms with Crippen LogP contribution in [0, 0.1) is 5.92 Å². The Morgan fingerprint density at radius 3 is 1.90 bits per heavy atom. The highest BCUT2D eigenvalue weighted by Crippen LogP contribution is 2.09. The van der Waals surface area contributed by atoms with Crippen LogP contribution in [0.25, 0.3) is 0 Å². The van der Waals surface area contributed by atoms with Crippen molar-refractivity contribution in [2.24, 2.45) is 5.92 Å². The monoisotopic (exact) mass is 144 g/mol. The zero-order valence-electron chi connectivity index (χ0n) is 7.85. The molecule has 1 nitrogen and oxygen atoms in total. The molecule has 62 valence electrons. The Morgan fingerprint density at radius 2 is 1.60 bits per heavy atom. The minimum Gasteiger partial charge on any atom is -0.375 e. The van der Waals surface area contributed by atoms with Gasteiger partial charge in [0, 0.05) is 0 Å². The van der Waals surface area contributed by atoms with Gasteiger partial charge in [-0.25, -0.2) is 0 Å². The van der Waals surface area contributed by atoms with E-state index < -0.39 is 0 Å². The molecule has 0 rings (SSSR count). The van der Waals surface area contributed by atoms with E-state index in [4.69, 9.17) is 4.74 Å². The lowest BCUT2D eigenvalue weighted by atomic mass is 10.1. The van der Waals surface area contributed by atoms with Crippen LogP contribution in [-0.2, 0) is 4.74 Å². The molecule has 2 atom stereocenters. The molecule has 0 spiro atoms. The van der Waals surface area contributed by atoms with Gasteiger partial charge in [0.15, 0.2) is 0 Å². The van der Waals surface area contributed by atoms with Crippen LogP contribution in [0.5, 0.6) is 0 Å². The second-order valence-corrected chi connectivity index (χ2v) is 3.30. The zero-order valence-corrected chi connectivity index (χ0v) is 7.85. The average molecular weight is 144 g/mol. The normalized spacial score (nSPS) is 17.4. The van der Waals surface area contributed by atoms with Gasteiger partial charge in [0.2, 0.25) is 0 Å². The van der Waals surface area contributed by atoms with Crippen molar-refractivity contribution in [3.05, 3.63) is 0 Å². The smallest absolute Gasteiger partial charge is 0.0573 e. The van der Waals surface area contributed by atoms with E-state index in [0.29, 0.717) is 18.1 Å². The van der Waals surface area contributed by atoms with Crippen LogP contribution >= 0.6 is 0 Å². The van der Waals surface area contributed by atoms with Crippen LogP contribution in [0.2, 0.25) is 0 Å². The van der Waals surface area contributed by atoms with Crippen molar-refractivity contribution >= 4 is 0 Å². The Bertz CT molecular complexity index is 78.8. The first-order valence-corrected chi connectivity index (χ1v) is 4.23. The summed E-state index contributed by atoms with van der Waals surface area (Å²) in [6, 6.07) is 0. The lowest BCUT2D eigenvalue weighted by Gasteiger charge is -2.20. The largest absolute Gasteiger partial charge is 0.375 e. The average Bonchev–Trinajstić information content (AvgIpc) is 1.87. The molecule has 0 aliphatic rings. The van der Waals surface area contributed by atoms with Gasteiger partial charge in [0.25, 0.3) is 0 Å². The van der Waals surface area contributed by atoms with E-state index >= 15 is 0 Å². The first-order valence-electron chi connectivity index (χ1n) is 4.23. The second-order valence-electron chi connectivity index (χ2n) is 3.30. The Kier molecular flexibility index (Phi) is 4.71. The minimum absolute atomic E-state index is 0.398. The SMILES string of the molecule is CCC(C)OC(C)C(C)C. The standard InChI is InChI=1S/C9H20O/c1-6-8(4)10-9(5)7(2)3/h7-9H,6H2,1-5H3. The molecule has 2 unspecified atom stereocenters. The molecule has 0 aliphatic carbocycles. The van der Waals surface area contributed by atoms with E-state index in [9.17, 15) is 0 Å². The van der Waals surface area contributed by atoms with Gasteiger partial charge in [-0.1, -0.05) is 20.8 Å². The minimum atomic E-state index is 0.398. The maximum atomic E-state index is 5.66. The highest BCUT2D eigenvalue weighted by molar-refractivity contribution is 4.57. The van der Waals surface area contributed by atoms with Crippen LogP contribution in [0.3, 0.4) is 0 Å². The maximum Gasteiger partial charge on any atom is 0.0573 e. The fraction of sp³-hybridized carbons (Fsp3) is 1.00. The lowest BCUT2D eigenvalue weighted by molar-refractivity contribution is -0.0171. The highest BCUT2D eigenvalue weighted by Gasteiger charge is 2.09. The summed E-state index contributed by atoms with van der Waals surface area (Å²) in [5.41, 5.74) is 0. The number of rotatable bonds is 4. The van der Waals surface area contributed by atoms with Crippen molar-refractivity contribution in [3.63, 3.8) is 0 Å². The molecule has 0 N–H and O–H groups in total. The molecular weight excluding hydrogens is 124 g/mol. The van der Waals surface area contributed by atoms with Gasteiger partial charge in [-0.2, -0.15) is 0 Å². The molecular formula is C9H20O. The first kappa shape index (κ1) is 9.96. The molecule has 0 saturated carbocycles. The fourth-order valence-corrected chi connectivity index (χ4v) is 0.620. The summed E-state index contributed by atoms with van der Waals surface area (Å²) in [6.07, 6.45) is 1.92. The van der Waals surface area contributed by atoms with Gasteiger partial charge in [-0.15, -0.1) is 0 Å². The van der Waals surface area contributed by atoms with E-state index in [2.05, 4.69) is 34.6 Å². The van der Waals surface area contributed by atoms with Crippen LogP contribution in [0.4, 0.5) is 0 Å². The van der Waals surface area contributed by atoms with E-state index in [1.165, 1.54) is 0 Å². The Labute approximate surface area is 64.8 Å². The quantitative estimate of drug-likeness (QED) is 0.589. The third-order valence-electron chi connectivity index (χ3n) is 1.96. The lowest BCUT2D eigenvalue weighted by Crippen LogP contribution is -2.21. The zero-order chi connectivity index (χ0) is 8.15. The molecule has 0 aromatic carbocycles. The van der Waals surface area contributed by atoms with E-state index in [1.54, 1.807) is 0 Å². The van der Waals surface area contributed by atoms with Gasteiger partial charge in [-0.05, 0) is 26.2 Å². The fourth-order valence-electron chi connectivity index (χ4n) is 0.620. The van der Waals surface area contributed by atoms with Crippen molar-refractivity contribution in [1.29, 1.82) is 0 Å². The molecule has 0 aliphatic heterocycles. The Hall–Kier alpha value is -0.0400. The predicted molar refractivity (Wildman–Crippen MR) is 45.1 cm³/mol. The molecule has 0 bridgehead atoms. The summed E-state index contributed by atoms with van der Waals surface area (Å²) >= 11 is 0. The topological polar surface area (TPSA) is 9.23 Å². The molecule has 10 heavy (non-hydrogen) atoms. The number of hydrogen-bond donors (Lipinski definition) is 0. The predicted octanol–water partition coefficient (Wildman–Crippen LogP) is 2.85. The first-order chi connectivity index (χ1) is 4.57. The summed E-state index contributed by atoms with van der Waals surface area (Å²) in [4.78, 5) is 0. The summed E-state index contributed by atoms with van der Waals surface area (Å²) in [5, 5.41) is 0. The molecule has 0 aromatic rings. The summed E-state index contributed by atoms with van der Waals surface area (Å²) in [7, 11) is 0. The number of ether oxygens (including phenoxy) is 1. The van der Waals surface area contributed by atoms with Crippen LogP contribution in [-0.4, -0.2) is 12.2 Å². The van der Waals surface area contributed by atoms with Gasteiger partial charge in [-0.3, -0.25) is 0 Å². The molecule has 0 saturated heterocycles. The van der Waals surface area contributed by atoms with Gasteiger partial charge in [0.05, 0.1) is 12.2 Å². The Morgan fingerprint density at radius 1 is 1.10 bits per heavy atom. The third-order valence-corrected chi connectivity index (χ3v) is 1.96. The summed E-state index contributed by atoms with van der Waals surface area (Å²) in [5.74, 6) is 0.633. The van der Waals surface area contributed by atoms with Crippen LogP contribution in [0.1, 0.15) is 41.0 Å². The molecule has 0 aromatic heterocycles. The molecule has 0 heterocycles. The van der Waals surface area contributed by atoms with Crippen molar-refractivity contribution in [2.75, 3.05) is 0 Å². The number of hydrogen-bond acceptors (Lipinski definition) is 1. The maximum absolute atomic E-state index is 5.66. The molecule has 0 fully saturated rings. The molecule has 0 amide bonds. The van der Waals surface area contributed by atoms with Crippen molar-refractivity contribution in [1.82, 2.24) is 0 Å². The molecule has 1 heteroatoms. The van der Waals surface area contributed by atoms with Crippen molar-refractivity contribution in [2.45, 2.75) is 53.2 Å². The second kappa shape index (κ2) is 4.73. The van der Waals surface area contributed by atoms with E-state index in [0.717, 1.165) is 6.42 Å². The van der Waals surface area contributed by atoms with Crippen molar-refractivity contribution in [3.8, 4) is 0 Å². The van der Waals surface area contributed by atoms with E-state index in [-0.39, 0.29) is 0 Å².